The molecule has 0 saturated heterocycles. The molecule has 0 fully saturated rings. The number of benzene rings is 2. The fourth-order valence-electron chi connectivity index (χ4n) is 1.75. The van der Waals surface area contributed by atoms with E-state index >= 15 is 0 Å². The third-order valence-corrected chi connectivity index (χ3v) is 2.66. The van der Waals surface area contributed by atoms with Gasteiger partial charge in [0.25, 0.3) is 0 Å². The van der Waals surface area contributed by atoms with E-state index in [1.165, 1.54) is 11.1 Å². The van der Waals surface area contributed by atoms with Gasteiger partial charge in [-0.2, -0.15) is 0 Å². The highest BCUT2D eigenvalue weighted by Gasteiger charge is 1.97. The first-order valence-electron chi connectivity index (χ1n) is 6.11. The Labute approximate surface area is 108 Å². The summed E-state index contributed by atoms with van der Waals surface area (Å²) in [4.78, 5) is 0. The molecule has 2 rings (SSSR count). The maximum atomic E-state index is 5.47. The first-order chi connectivity index (χ1) is 8.78. The molecular weight excluding hydrogens is 220 g/mol. The number of hydrogen-bond acceptors (Lipinski definition) is 1. The van der Waals surface area contributed by atoms with Gasteiger partial charge >= 0.3 is 0 Å². The normalized spacial score (nSPS) is 9.44. The molecule has 0 amide bonds. The van der Waals surface area contributed by atoms with Crippen molar-refractivity contribution in [1.29, 1.82) is 0 Å². The zero-order valence-corrected chi connectivity index (χ0v) is 10.7. The molecule has 1 nitrogen and oxygen atoms in total. The van der Waals surface area contributed by atoms with Gasteiger partial charge in [-0.05, 0) is 54.7 Å². The van der Waals surface area contributed by atoms with Crippen LogP contribution in [0.4, 0.5) is 0 Å². The van der Waals surface area contributed by atoms with Crippen LogP contribution in [-0.2, 0) is 6.42 Å². The third-order valence-electron chi connectivity index (χ3n) is 2.66. The lowest BCUT2D eigenvalue weighted by Crippen LogP contribution is -1.88. The van der Waals surface area contributed by atoms with Crippen LogP contribution in [0.3, 0.4) is 0 Å². The molecule has 2 aromatic carbocycles. The summed E-state index contributed by atoms with van der Waals surface area (Å²) in [6.45, 7) is 4.20. The maximum absolute atomic E-state index is 5.47. The molecule has 0 N–H and O–H groups in total. The van der Waals surface area contributed by atoms with Gasteiger partial charge in [-0.15, -0.1) is 0 Å². The summed E-state index contributed by atoms with van der Waals surface area (Å²) < 4.78 is 5.47. The van der Waals surface area contributed by atoms with Crippen molar-refractivity contribution in [2.24, 2.45) is 0 Å². The zero-order valence-electron chi connectivity index (χ0n) is 10.7. The minimum Gasteiger partial charge on any atom is -0.407 e. The first kappa shape index (κ1) is 12.3. The van der Waals surface area contributed by atoms with Gasteiger partial charge in [0.15, 0.2) is 0 Å². The summed E-state index contributed by atoms with van der Waals surface area (Å²) in [6, 6.07) is 16.0. The molecule has 0 aliphatic heterocycles. The topological polar surface area (TPSA) is 9.23 Å². The van der Waals surface area contributed by atoms with E-state index in [0.29, 0.717) is 0 Å². The van der Waals surface area contributed by atoms with Crippen molar-refractivity contribution < 1.29 is 4.74 Å². The van der Waals surface area contributed by atoms with E-state index in [-0.39, 0.29) is 0 Å². The van der Waals surface area contributed by atoms with Crippen molar-refractivity contribution in [3.05, 3.63) is 65.2 Å². The highest BCUT2D eigenvalue weighted by atomic mass is 16.5. The highest BCUT2D eigenvalue weighted by molar-refractivity contribution is 5.37. The van der Waals surface area contributed by atoms with E-state index in [1.807, 2.05) is 42.5 Å². The lowest BCUT2D eigenvalue weighted by molar-refractivity contribution is 0.518. The molecular formula is C17H16O. The number of rotatable bonds is 2. The second-order valence-corrected chi connectivity index (χ2v) is 4.20. The van der Waals surface area contributed by atoms with Crippen LogP contribution in [0, 0.1) is 19.0 Å². The maximum Gasteiger partial charge on any atom is 0.140 e. The van der Waals surface area contributed by atoms with E-state index in [4.69, 9.17) is 4.74 Å². The molecule has 18 heavy (non-hydrogen) atoms. The van der Waals surface area contributed by atoms with Gasteiger partial charge in [0, 0.05) is 5.56 Å². The van der Waals surface area contributed by atoms with Crippen LogP contribution in [0.2, 0.25) is 0 Å². The van der Waals surface area contributed by atoms with Gasteiger partial charge in [-0.3, -0.25) is 0 Å². The SMILES string of the molecule is CCc1cc(C)cc(OC#Cc2ccccc2)c1. The molecule has 1 heteroatoms. The van der Waals surface area contributed by atoms with Crippen LogP contribution in [0.1, 0.15) is 23.6 Å². The summed E-state index contributed by atoms with van der Waals surface area (Å²) >= 11 is 0. The van der Waals surface area contributed by atoms with Crippen molar-refractivity contribution in [2.75, 3.05) is 0 Å². The molecule has 0 unspecified atom stereocenters. The number of ether oxygens (including phenoxy) is 1. The quantitative estimate of drug-likeness (QED) is 0.717. The van der Waals surface area contributed by atoms with E-state index < -0.39 is 0 Å². The Morgan fingerprint density at radius 3 is 2.56 bits per heavy atom. The molecule has 0 radical (unpaired) electrons. The molecule has 0 aliphatic carbocycles. The van der Waals surface area contributed by atoms with Gasteiger partial charge in [-0.1, -0.05) is 31.2 Å². The van der Waals surface area contributed by atoms with Crippen molar-refractivity contribution in [1.82, 2.24) is 0 Å². The Hall–Kier alpha value is -2.20. The Morgan fingerprint density at radius 2 is 1.83 bits per heavy atom. The molecule has 0 aromatic heterocycles. The van der Waals surface area contributed by atoms with Gasteiger partial charge < -0.3 is 4.74 Å². The minimum atomic E-state index is 0.815. The Kier molecular flexibility index (Phi) is 4.04. The summed E-state index contributed by atoms with van der Waals surface area (Å²) in [5.41, 5.74) is 3.43. The van der Waals surface area contributed by atoms with E-state index in [2.05, 4.69) is 31.9 Å². The van der Waals surface area contributed by atoms with Crippen LogP contribution in [0.25, 0.3) is 0 Å². The average Bonchev–Trinajstić information content (AvgIpc) is 2.39. The molecule has 0 heterocycles. The summed E-state index contributed by atoms with van der Waals surface area (Å²) in [6.07, 6.45) is 3.75. The van der Waals surface area contributed by atoms with Gasteiger partial charge in [0.05, 0.1) is 0 Å². The molecule has 0 atom stereocenters. The fraction of sp³-hybridized carbons (Fsp3) is 0.176. The van der Waals surface area contributed by atoms with Crippen LogP contribution in [-0.4, -0.2) is 0 Å². The highest BCUT2D eigenvalue weighted by Crippen LogP contribution is 2.16. The average molecular weight is 236 g/mol. The summed E-state index contributed by atoms with van der Waals surface area (Å²) in [5.74, 6) is 3.79. The Balaban J connectivity index is 2.11. The van der Waals surface area contributed by atoms with Crippen LogP contribution >= 0.6 is 0 Å². The molecule has 0 aliphatic rings. The standard InChI is InChI=1S/C17H16O/c1-3-15-11-14(2)12-17(13-15)18-10-9-16-7-5-4-6-8-16/h4-8,11-13H,3H2,1-2H3. The van der Waals surface area contributed by atoms with Gasteiger partial charge in [-0.25, -0.2) is 0 Å². The second kappa shape index (κ2) is 5.93. The van der Waals surface area contributed by atoms with Crippen LogP contribution in [0.5, 0.6) is 5.75 Å². The smallest absolute Gasteiger partial charge is 0.140 e. The Bertz CT molecular complexity index is 574. The molecule has 0 saturated carbocycles. The van der Waals surface area contributed by atoms with Crippen molar-refractivity contribution >= 4 is 0 Å². The predicted molar refractivity (Wildman–Crippen MR) is 74.5 cm³/mol. The van der Waals surface area contributed by atoms with Crippen LogP contribution in [0.15, 0.2) is 48.5 Å². The van der Waals surface area contributed by atoms with E-state index in [0.717, 1.165) is 17.7 Å². The van der Waals surface area contributed by atoms with Crippen molar-refractivity contribution in [3.63, 3.8) is 0 Å². The summed E-state index contributed by atoms with van der Waals surface area (Å²) in [7, 11) is 0. The molecule has 0 bridgehead atoms. The number of aryl methyl sites for hydroxylation is 2. The molecule has 2 aromatic rings. The third kappa shape index (κ3) is 3.40. The first-order valence-corrected chi connectivity index (χ1v) is 6.11. The second-order valence-electron chi connectivity index (χ2n) is 4.20. The number of hydrogen-bond donors (Lipinski definition) is 0. The fourth-order valence-corrected chi connectivity index (χ4v) is 1.75. The summed E-state index contributed by atoms with van der Waals surface area (Å²) in [5, 5.41) is 0. The lowest BCUT2D eigenvalue weighted by Gasteiger charge is -2.03. The zero-order chi connectivity index (χ0) is 12.8. The minimum absolute atomic E-state index is 0.815. The van der Waals surface area contributed by atoms with E-state index in [9.17, 15) is 0 Å². The van der Waals surface area contributed by atoms with Gasteiger partial charge in [0.2, 0.25) is 0 Å². The van der Waals surface area contributed by atoms with E-state index in [1.54, 1.807) is 0 Å². The molecule has 0 spiro atoms. The van der Waals surface area contributed by atoms with Crippen molar-refractivity contribution in [2.45, 2.75) is 20.3 Å². The van der Waals surface area contributed by atoms with Crippen molar-refractivity contribution in [3.8, 4) is 17.8 Å². The lowest BCUT2D eigenvalue weighted by atomic mass is 10.1. The van der Waals surface area contributed by atoms with Gasteiger partial charge in [0.1, 0.15) is 11.9 Å². The largest absolute Gasteiger partial charge is 0.407 e. The monoisotopic (exact) mass is 236 g/mol. The predicted octanol–water partition coefficient (Wildman–Crippen LogP) is 3.95. The Morgan fingerprint density at radius 1 is 1.06 bits per heavy atom. The molecule has 90 valence electrons. The van der Waals surface area contributed by atoms with Crippen LogP contribution < -0.4 is 4.74 Å².